The summed E-state index contributed by atoms with van der Waals surface area (Å²) in [6.45, 7) is 2.37. The van der Waals surface area contributed by atoms with Crippen LogP contribution in [0, 0.1) is 6.92 Å². The second kappa shape index (κ2) is 7.75. The van der Waals surface area contributed by atoms with Gasteiger partial charge in [-0.2, -0.15) is 4.98 Å². The van der Waals surface area contributed by atoms with Gasteiger partial charge in [-0.05, 0) is 31.4 Å². The predicted molar refractivity (Wildman–Crippen MR) is 104 cm³/mol. The molecule has 9 nitrogen and oxygen atoms in total. The zero-order valence-electron chi connectivity index (χ0n) is 15.3. The summed E-state index contributed by atoms with van der Waals surface area (Å²) in [6.07, 6.45) is 8.49. The number of rotatable bonds is 6. The molecule has 0 saturated heterocycles. The Bertz CT molecular complexity index is 888. The molecule has 3 rings (SSSR count). The smallest absolute Gasteiger partial charge is 0.267 e. The highest BCUT2D eigenvalue weighted by Crippen LogP contribution is 2.26. The monoisotopic (exact) mass is 371 g/mol. The maximum atomic E-state index is 12.4. The number of aromatic nitrogens is 3. The molecule has 7 N–H and O–H groups in total. The fraction of sp³-hybridized carbons (Fsp3) is 0.444. The van der Waals surface area contributed by atoms with E-state index in [1.165, 1.54) is 6.42 Å². The number of carbonyl (C=O) groups is 1. The van der Waals surface area contributed by atoms with E-state index in [1.807, 2.05) is 13.0 Å². The normalized spacial score (nSPS) is 15.9. The summed E-state index contributed by atoms with van der Waals surface area (Å²) in [5, 5.41) is 6.06. The lowest BCUT2D eigenvalue weighted by atomic mass is 9.82. The number of anilines is 3. The zero-order chi connectivity index (χ0) is 19.4. The topological polar surface area (TPSA) is 152 Å². The minimum atomic E-state index is -0.860. The minimum Gasteiger partial charge on any atom is -0.365 e. The molecule has 0 aromatic carbocycles. The molecule has 1 fully saturated rings. The molecule has 2 aromatic rings. The highest BCUT2D eigenvalue weighted by Gasteiger charge is 2.27. The van der Waals surface area contributed by atoms with Crippen LogP contribution in [0.4, 0.5) is 17.5 Å². The summed E-state index contributed by atoms with van der Waals surface area (Å²) in [7, 11) is 0. The first-order valence-electron chi connectivity index (χ1n) is 9.02. The number of amides is 1. The fourth-order valence-corrected chi connectivity index (χ4v) is 3.33. The Labute approximate surface area is 157 Å². The van der Waals surface area contributed by atoms with Crippen molar-refractivity contribution in [3.63, 3.8) is 0 Å². The summed E-state index contributed by atoms with van der Waals surface area (Å²) in [5.41, 5.74) is 12.1. The number of primary amides is 1. The van der Waals surface area contributed by atoms with Gasteiger partial charge in [-0.1, -0.05) is 19.3 Å². The third kappa shape index (κ3) is 4.62. The number of hydrogen-bond donors (Lipinski definition) is 5. The molecular weight excluding hydrogens is 346 g/mol. The molecule has 2 heterocycles. The standard InChI is InChI=1S/C18H25N7O2/c1-11-7-12(9-21-8-11)23-15-13(14(19)26)16(27)25-17(24-15)22-10-18(20)5-3-2-4-6-18/h7-9H,2-6,10,20H2,1H3,(H2,19,26)(H3,22,23,24,25,27). The summed E-state index contributed by atoms with van der Waals surface area (Å²) in [6, 6.07) is 1.82. The van der Waals surface area contributed by atoms with Crippen LogP contribution in [0.2, 0.25) is 0 Å². The Hall–Kier alpha value is -2.94. The van der Waals surface area contributed by atoms with Crippen molar-refractivity contribution < 1.29 is 4.79 Å². The molecule has 27 heavy (non-hydrogen) atoms. The fourth-order valence-electron chi connectivity index (χ4n) is 3.33. The first kappa shape index (κ1) is 18.8. The predicted octanol–water partition coefficient (Wildman–Crippen LogP) is 1.39. The van der Waals surface area contributed by atoms with Crippen molar-refractivity contribution in [2.75, 3.05) is 17.2 Å². The van der Waals surface area contributed by atoms with Crippen LogP contribution in [0.25, 0.3) is 0 Å². The van der Waals surface area contributed by atoms with Crippen molar-refractivity contribution in [2.24, 2.45) is 11.5 Å². The van der Waals surface area contributed by atoms with E-state index in [-0.39, 0.29) is 22.9 Å². The lowest BCUT2D eigenvalue weighted by Gasteiger charge is -2.33. The lowest BCUT2D eigenvalue weighted by molar-refractivity contribution is 0.0999. The van der Waals surface area contributed by atoms with Gasteiger partial charge in [0, 0.05) is 18.3 Å². The van der Waals surface area contributed by atoms with E-state index in [2.05, 4.69) is 25.6 Å². The summed E-state index contributed by atoms with van der Waals surface area (Å²) >= 11 is 0. The van der Waals surface area contributed by atoms with E-state index in [0.29, 0.717) is 12.2 Å². The molecule has 1 saturated carbocycles. The molecule has 0 spiro atoms. The van der Waals surface area contributed by atoms with Crippen molar-refractivity contribution in [1.82, 2.24) is 15.0 Å². The molecule has 2 aromatic heterocycles. The molecule has 0 atom stereocenters. The number of nitrogens with zero attached hydrogens (tertiary/aromatic N) is 2. The van der Waals surface area contributed by atoms with Gasteiger partial charge in [0.25, 0.3) is 11.5 Å². The van der Waals surface area contributed by atoms with Gasteiger partial charge in [0.1, 0.15) is 5.56 Å². The van der Waals surface area contributed by atoms with E-state index in [0.717, 1.165) is 31.2 Å². The van der Waals surface area contributed by atoms with E-state index in [9.17, 15) is 9.59 Å². The minimum absolute atomic E-state index is 0.0795. The SMILES string of the molecule is Cc1cncc(Nc2nc(NCC3(N)CCCCC3)[nH]c(=O)c2C(N)=O)c1. The van der Waals surface area contributed by atoms with Crippen LogP contribution < -0.4 is 27.7 Å². The molecule has 1 aliphatic carbocycles. The number of H-pyrrole nitrogens is 1. The van der Waals surface area contributed by atoms with Gasteiger partial charge in [0.2, 0.25) is 5.95 Å². The largest absolute Gasteiger partial charge is 0.365 e. The number of nitrogens with two attached hydrogens (primary N) is 2. The van der Waals surface area contributed by atoms with Crippen molar-refractivity contribution >= 4 is 23.4 Å². The van der Waals surface area contributed by atoms with E-state index in [4.69, 9.17) is 11.5 Å². The zero-order valence-corrected chi connectivity index (χ0v) is 15.3. The van der Waals surface area contributed by atoms with Gasteiger partial charge in [-0.25, -0.2) is 0 Å². The Morgan fingerprint density at radius 1 is 1.30 bits per heavy atom. The van der Waals surface area contributed by atoms with Gasteiger partial charge in [0.05, 0.1) is 11.9 Å². The van der Waals surface area contributed by atoms with Crippen LogP contribution in [-0.4, -0.2) is 32.9 Å². The molecule has 0 radical (unpaired) electrons. The molecule has 1 amide bonds. The van der Waals surface area contributed by atoms with Crippen LogP contribution in [0.1, 0.15) is 48.0 Å². The van der Waals surface area contributed by atoms with E-state index in [1.54, 1.807) is 12.4 Å². The van der Waals surface area contributed by atoms with Crippen LogP contribution in [0.5, 0.6) is 0 Å². The van der Waals surface area contributed by atoms with Crippen LogP contribution in [0.3, 0.4) is 0 Å². The van der Waals surface area contributed by atoms with Gasteiger partial charge in [-0.15, -0.1) is 0 Å². The molecule has 9 heteroatoms. The Morgan fingerprint density at radius 3 is 2.70 bits per heavy atom. The number of pyridine rings is 1. The molecule has 1 aliphatic rings. The van der Waals surface area contributed by atoms with Crippen molar-refractivity contribution in [1.29, 1.82) is 0 Å². The number of aryl methyl sites for hydroxylation is 1. The molecular formula is C18H25N7O2. The van der Waals surface area contributed by atoms with Crippen LogP contribution in [-0.2, 0) is 0 Å². The highest BCUT2D eigenvalue weighted by atomic mass is 16.2. The first-order chi connectivity index (χ1) is 12.9. The summed E-state index contributed by atoms with van der Waals surface area (Å²) in [5.74, 6) is -0.541. The van der Waals surface area contributed by atoms with Gasteiger partial charge in [-0.3, -0.25) is 19.6 Å². The van der Waals surface area contributed by atoms with E-state index >= 15 is 0 Å². The molecule has 0 unspecified atom stereocenters. The number of aromatic amines is 1. The maximum Gasteiger partial charge on any atom is 0.267 e. The number of nitrogens with one attached hydrogen (secondary N) is 3. The summed E-state index contributed by atoms with van der Waals surface area (Å²) < 4.78 is 0. The van der Waals surface area contributed by atoms with Crippen molar-refractivity contribution in [2.45, 2.75) is 44.6 Å². The Morgan fingerprint density at radius 2 is 2.04 bits per heavy atom. The Kier molecular flexibility index (Phi) is 5.41. The van der Waals surface area contributed by atoms with Crippen molar-refractivity contribution in [3.05, 3.63) is 39.9 Å². The van der Waals surface area contributed by atoms with Crippen LogP contribution >= 0.6 is 0 Å². The highest BCUT2D eigenvalue weighted by molar-refractivity contribution is 5.98. The van der Waals surface area contributed by atoms with Gasteiger partial charge in [0.15, 0.2) is 5.82 Å². The quantitative estimate of drug-likeness (QED) is 0.514. The second-order valence-corrected chi connectivity index (χ2v) is 7.15. The molecule has 0 bridgehead atoms. The first-order valence-corrected chi connectivity index (χ1v) is 9.02. The third-order valence-electron chi connectivity index (χ3n) is 4.76. The molecule has 0 aliphatic heterocycles. The average Bonchev–Trinajstić information content (AvgIpc) is 2.60. The van der Waals surface area contributed by atoms with Crippen molar-refractivity contribution in [3.8, 4) is 0 Å². The van der Waals surface area contributed by atoms with Crippen LogP contribution in [0.15, 0.2) is 23.3 Å². The third-order valence-corrected chi connectivity index (χ3v) is 4.76. The maximum absolute atomic E-state index is 12.4. The number of carbonyl (C=O) groups excluding carboxylic acids is 1. The van der Waals surface area contributed by atoms with E-state index < -0.39 is 11.5 Å². The Balaban J connectivity index is 1.86. The van der Waals surface area contributed by atoms with Gasteiger partial charge < -0.3 is 22.1 Å². The van der Waals surface area contributed by atoms with Gasteiger partial charge >= 0.3 is 0 Å². The molecule has 144 valence electrons. The second-order valence-electron chi connectivity index (χ2n) is 7.15. The lowest BCUT2D eigenvalue weighted by Crippen LogP contribution is -2.48. The average molecular weight is 371 g/mol. The summed E-state index contributed by atoms with van der Waals surface area (Å²) in [4.78, 5) is 35.1. The number of hydrogen-bond acceptors (Lipinski definition) is 7.